The van der Waals surface area contributed by atoms with Gasteiger partial charge in [-0.15, -0.1) is 0 Å². The van der Waals surface area contributed by atoms with Gasteiger partial charge in [-0.3, -0.25) is 0 Å². The number of furan rings is 2. The fourth-order valence-corrected chi connectivity index (χ4v) is 10.4. The molecule has 0 bridgehead atoms. The molecule has 0 aliphatic rings. The summed E-state index contributed by atoms with van der Waals surface area (Å²) in [6.07, 6.45) is -4.60. The van der Waals surface area contributed by atoms with E-state index < -0.39 is 11.7 Å². The van der Waals surface area contributed by atoms with Crippen LogP contribution in [0.3, 0.4) is 0 Å². The predicted octanol–water partition coefficient (Wildman–Crippen LogP) is 16.9. The first-order valence-electron chi connectivity index (χ1n) is 21.3. The Labute approximate surface area is 368 Å². The number of aryl methyl sites for hydroxylation is 1. The topological polar surface area (TPSA) is 40.5 Å². The zero-order valence-corrected chi connectivity index (χ0v) is 34.5. The van der Waals surface area contributed by atoms with E-state index in [0.29, 0.717) is 28.1 Å². The van der Waals surface area contributed by atoms with Crippen LogP contribution < -0.4 is 0 Å². The van der Waals surface area contributed by atoms with Crippen LogP contribution in [0.5, 0.6) is 0 Å². The number of halogens is 3. The standard InChI is InChI=1S/C57H32F3N3O2/c1-32-12-11-17-43(57(58,59)60)52(32)33-22-27-46(62-44-18-7-3-15-40(44)53-47(62)28-25-38-36-13-5-9-20-50(36)64-55(38)53)42(30-33)35-24-23-34(61-2)31-49(35)63-45-19-8-4-16-41(45)54-48(63)29-26-39-37-14-6-10-21-51(37)65-56(39)54/h3-31H,1H3. The highest BCUT2D eigenvalue weighted by Crippen LogP contribution is 2.48. The van der Waals surface area contributed by atoms with Crippen LogP contribution in [0.2, 0.25) is 0 Å². The number of hydrogen-bond acceptors (Lipinski definition) is 2. The summed E-state index contributed by atoms with van der Waals surface area (Å²) in [7, 11) is 0. The lowest BCUT2D eigenvalue weighted by molar-refractivity contribution is -0.137. The van der Waals surface area contributed by atoms with Crippen molar-refractivity contribution in [2.45, 2.75) is 13.1 Å². The molecule has 9 aromatic carbocycles. The molecule has 0 saturated heterocycles. The van der Waals surface area contributed by atoms with Crippen molar-refractivity contribution in [1.29, 1.82) is 0 Å². The summed E-state index contributed by atoms with van der Waals surface area (Å²) in [4.78, 5) is 3.91. The van der Waals surface area contributed by atoms with Crippen molar-refractivity contribution in [1.82, 2.24) is 9.13 Å². The van der Waals surface area contributed by atoms with E-state index in [-0.39, 0.29) is 5.56 Å². The van der Waals surface area contributed by atoms with E-state index in [2.05, 4.69) is 74.6 Å². The molecule has 308 valence electrons. The Balaban J connectivity index is 1.17. The molecule has 65 heavy (non-hydrogen) atoms. The highest BCUT2D eigenvalue weighted by atomic mass is 19.4. The number of nitrogens with zero attached hydrogens (tertiary/aromatic N) is 3. The van der Waals surface area contributed by atoms with Crippen LogP contribution in [-0.2, 0) is 6.18 Å². The van der Waals surface area contributed by atoms with Crippen molar-refractivity contribution in [3.05, 3.63) is 198 Å². The average molecular weight is 848 g/mol. The molecule has 0 fully saturated rings. The molecule has 0 amide bonds. The van der Waals surface area contributed by atoms with Crippen molar-refractivity contribution in [3.63, 3.8) is 0 Å². The van der Waals surface area contributed by atoms with Gasteiger partial charge in [-0.25, -0.2) is 4.85 Å². The zero-order chi connectivity index (χ0) is 43.7. The van der Waals surface area contributed by atoms with Crippen LogP contribution >= 0.6 is 0 Å². The van der Waals surface area contributed by atoms with Gasteiger partial charge in [0.15, 0.2) is 5.69 Å². The molecule has 0 aliphatic heterocycles. The summed E-state index contributed by atoms with van der Waals surface area (Å²) < 4.78 is 62.5. The van der Waals surface area contributed by atoms with Gasteiger partial charge in [0.1, 0.15) is 22.3 Å². The highest BCUT2D eigenvalue weighted by Gasteiger charge is 2.35. The number of alkyl halides is 3. The monoisotopic (exact) mass is 847 g/mol. The van der Waals surface area contributed by atoms with Crippen LogP contribution in [0.4, 0.5) is 18.9 Å². The number of hydrogen-bond donors (Lipinski definition) is 0. The van der Waals surface area contributed by atoms with E-state index in [1.807, 2.05) is 84.9 Å². The Bertz CT molecular complexity index is 4210. The summed E-state index contributed by atoms with van der Waals surface area (Å²) in [5, 5.41) is 7.81. The quantitative estimate of drug-likeness (QED) is 0.166. The number of rotatable bonds is 4. The molecule has 0 N–H and O–H groups in total. The van der Waals surface area contributed by atoms with Gasteiger partial charge >= 0.3 is 6.18 Å². The molecule has 0 unspecified atom stereocenters. The number of para-hydroxylation sites is 4. The van der Waals surface area contributed by atoms with Gasteiger partial charge in [0.05, 0.1) is 50.7 Å². The smallest absolute Gasteiger partial charge is 0.417 e. The normalized spacial score (nSPS) is 12.3. The second-order valence-corrected chi connectivity index (χ2v) is 16.6. The Morgan fingerprint density at radius 3 is 1.62 bits per heavy atom. The van der Waals surface area contributed by atoms with Gasteiger partial charge < -0.3 is 18.0 Å². The Kier molecular flexibility index (Phi) is 7.68. The molecular formula is C57H32F3N3O2. The lowest BCUT2D eigenvalue weighted by atomic mass is 9.91. The second-order valence-electron chi connectivity index (χ2n) is 16.6. The number of fused-ring (bicyclic) bond motifs is 14. The van der Waals surface area contributed by atoms with Crippen LogP contribution in [-0.4, -0.2) is 9.13 Å². The molecule has 13 aromatic rings. The van der Waals surface area contributed by atoms with Crippen molar-refractivity contribution < 1.29 is 22.0 Å². The third-order valence-electron chi connectivity index (χ3n) is 13.1. The van der Waals surface area contributed by atoms with Crippen LogP contribution in [0.15, 0.2) is 185 Å². The van der Waals surface area contributed by atoms with E-state index in [1.165, 1.54) is 6.07 Å². The maximum absolute atomic E-state index is 15.0. The third kappa shape index (κ3) is 5.27. The summed E-state index contributed by atoms with van der Waals surface area (Å²) in [5.74, 6) is 0. The van der Waals surface area contributed by atoms with Crippen molar-refractivity contribution in [2.24, 2.45) is 0 Å². The summed E-state index contributed by atoms with van der Waals surface area (Å²) in [6, 6.07) is 56.2. The maximum atomic E-state index is 15.0. The van der Waals surface area contributed by atoms with Gasteiger partial charge in [0, 0.05) is 49.1 Å². The Morgan fingerprint density at radius 1 is 0.477 bits per heavy atom. The minimum Gasteiger partial charge on any atom is -0.455 e. The molecule has 13 rings (SSSR count). The first kappa shape index (κ1) is 37.1. The first-order chi connectivity index (χ1) is 31.8. The summed E-state index contributed by atoms with van der Waals surface area (Å²) in [5.41, 5.74) is 10.2. The molecule has 0 radical (unpaired) electrons. The van der Waals surface area contributed by atoms with Crippen molar-refractivity contribution in [3.8, 4) is 33.6 Å². The minimum atomic E-state index is -4.60. The fraction of sp³-hybridized carbons (Fsp3) is 0.0351. The number of benzene rings is 9. The maximum Gasteiger partial charge on any atom is 0.417 e. The third-order valence-corrected chi connectivity index (χ3v) is 13.1. The molecular weight excluding hydrogens is 816 g/mol. The van der Waals surface area contributed by atoms with Crippen LogP contribution in [0, 0.1) is 13.5 Å². The van der Waals surface area contributed by atoms with E-state index in [1.54, 1.807) is 25.1 Å². The van der Waals surface area contributed by atoms with Gasteiger partial charge in [-0.05, 0) is 96.4 Å². The largest absolute Gasteiger partial charge is 0.455 e. The Morgan fingerprint density at radius 2 is 1.03 bits per heavy atom. The van der Waals surface area contributed by atoms with E-state index >= 15 is 0 Å². The average Bonchev–Trinajstić information content (AvgIpc) is 4.08. The van der Waals surface area contributed by atoms with Crippen LogP contribution in [0.25, 0.3) is 126 Å². The van der Waals surface area contributed by atoms with Crippen LogP contribution in [0.1, 0.15) is 11.1 Å². The summed E-state index contributed by atoms with van der Waals surface area (Å²) >= 11 is 0. The van der Waals surface area contributed by atoms with E-state index in [4.69, 9.17) is 15.4 Å². The fourth-order valence-electron chi connectivity index (χ4n) is 10.4. The number of aromatic nitrogens is 2. The van der Waals surface area contributed by atoms with Gasteiger partial charge in [0.25, 0.3) is 0 Å². The minimum absolute atomic E-state index is 0.113. The molecule has 4 heterocycles. The zero-order valence-electron chi connectivity index (χ0n) is 34.5. The molecule has 0 saturated carbocycles. The van der Waals surface area contributed by atoms with E-state index in [9.17, 15) is 13.2 Å². The van der Waals surface area contributed by atoms with Gasteiger partial charge in [-0.2, -0.15) is 13.2 Å². The molecule has 0 aliphatic carbocycles. The lowest BCUT2D eigenvalue weighted by Crippen LogP contribution is -2.08. The van der Waals surface area contributed by atoms with Crippen molar-refractivity contribution >= 4 is 93.2 Å². The first-order valence-corrected chi connectivity index (χ1v) is 21.3. The second kappa shape index (κ2) is 13.5. The molecule has 8 heteroatoms. The predicted molar refractivity (Wildman–Crippen MR) is 257 cm³/mol. The molecule has 5 nitrogen and oxygen atoms in total. The SMILES string of the molecule is [C-]#[N+]c1ccc(-c2cc(-c3c(C)cccc3C(F)(F)F)ccc2-n2c3ccccc3c3c4oc5ccccc5c4ccc32)c(-n2c3ccccc3c3c4oc5ccccc5c4ccc32)c1. The molecule has 0 spiro atoms. The Hall–Kier alpha value is -8.54. The van der Waals surface area contributed by atoms with Gasteiger partial charge in [-0.1, -0.05) is 103 Å². The lowest BCUT2D eigenvalue weighted by Gasteiger charge is -2.21. The van der Waals surface area contributed by atoms with Gasteiger partial charge in [0.2, 0.25) is 0 Å². The van der Waals surface area contributed by atoms with E-state index in [0.717, 1.165) is 105 Å². The molecule has 0 atom stereocenters. The highest BCUT2D eigenvalue weighted by molar-refractivity contribution is 6.25. The molecule has 4 aromatic heterocycles. The van der Waals surface area contributed by atoms with Crippen molar-refractivity contribution in [2.75, 3.05) is 0 Å². The summed E-state index contributed by atoms with van der Waals surface area (Å²) in [6.45, 7) is 9.93.